The normalized spacial score (nSPS) is 12.1. The van der Waals surface area contributed by atoms with Crippen LogP contribution < -0.4 is 0 Å². The van der Waals surface area contributed by atoms with Gasteiger partial charge in [-0.05, 0) is 13.3 Å². The number of rotatable bonds is 11. The van der Waals surface area contributed by atoms with E-state index in [2.05, 4.69) is 29.6 Å². The predicted octanol–water partition coefficient (Wildman–Crippen LogP) is 4.54. The number of hydrogen-bond donors (Lipinski definition) is 0. The SMILES string of the molecule is CCCCCCCCCCCC(C)n1ccnc1.O. The Kier molecular flexibility index (Phi) is 11.7. The summed E-state index contributed by atoms with van der Waals surface area (Å²) in [4.78, 5) is 4.10. The molecule has 1 heterocycles. The highest BCUT2D eigenvalue weighted by Gasteiger charge is 2.02. The van der Waals surface area contributed by atoms with Crippen LogP contribution in [-0.4, -0.2) is 15.0 Å². The first-order valence-electron chi connectivity index (χ1n) is 7.82. The van der Waals surface area contributed by atoms with Gasteiger partial charge in [0.1, 0.15) is 0 Å². The number of unbranched alkanes of at least 4 members (excludes halogenated alkanes) is 8. The smallest absolute Gasteiger partial charge is 0.0948 e. The fourth-order valence-electron chi connectivity index (χ4n) is 2.43. The van der Waals surface area contributed by atoms with E-state index in [4.69, 9.17) is 0 Å². The van der Waals surface area contributed by atoms with Crippen molar-refractivity contribution in [1.82, 2.24) is 9.55 Å². The van der Waals surface area contributed by atoms with Gasteiger partial charge in [0.25, 0.3) is 0 Å². The summed E-state index contributed by atoms with van der Waals surface area (Å²) in [5.74, 6) is 0. The number of nitrogens with zero attached hydrogens (tertiary/aromatic N) is 2. The average molecular weight is 268 g/mol. The minimum atomic E-state index is 0. The second-order valence-corrected chi connectivity index (χ2v) is 5.48. The van der Waals surface area contributed by atoms with Crippen LogP contribution in [0.2, 0.25) is 0 Å². The third kappa shape index (κ3) is 8.82. The van der Waals surface area contributed by atoms with Gasteiger partial charge in [-0.25, -0.2) is 4.98 Å². The van der Waals surface area contributed by atoms with Gasteiger partial charge in [0.2, 0.25) is 0 Å². The van der Waals surface area contributed by atoms with Crippen molar-refractivity contribution in [3.05, 3.63) is 18.7 Å². The van der Waals surface area contributed by atoms with E-state index in [1.54, 1.807) is 0 Å². The van der Waals surface area contributed by atoms with Gasteiger partial charge in [0, 0.05) is 18.4 Å². The minimum Gasteiger partial charge on any atom is -0.412 e. The molecule has 0 radical (unpaired) electrons. The molecule has 1 aromatic heterocycles. The largest absolute Gasteiger partial charge is 0.412 e. The summed E-state index contributed by atoms with van der Waals surface area (Å²) in [5, 5.41) is 0. The molecule has 0 saturated carbocycles. The predicted molar refractivity (Wildman–Crippen MR) is 82.4 cm³/mol. The molecule has 1 aromatic rings. The summed E-state index contributed by atoms with van der Waals surface area (Å²) in [5.41, 5.74) is 0. The van der Waals surface area contributed by atoms with E-state index in [0.717, 1.165) is 0 Å². The van der Waals surface area contributed by atoms with Crippen molar-refractivity contribution in [3.8, 4) is 0 Å². The van der Waals surface area contributed by atoms with Gasteiger partial charge in [0.15, 0.2) is 0 Å². The Morgan fingerprint density at radius 3 is 2.05 bits per heavy atom. The maximum atomic E-state index is 4.10. The summed E-state index contributed by atoms with van der Waals surface area (Å²) >= 11 is 0. The lowest BCUT2D eigenvalue weighted by molar-refractivity contribution is 0.465. The van der Waals surface area contributed by atoms with Crippen LogP contribution in [0.5, 0.6) is 0 Å². The van der Waals surface area contributed by atoms with Crippen LogP contribution in [0.3, 0.4) is 0 Å². The van der Waals surface area contributed by atoms with Gasteiger partial charge >= 0.3 is 0 Å². The monoisotopic (exact) mass is 268 g/mol. The Labute approximate surface area is 118 Å². The van der Waals surface area contributed by atoms with Crippen LogP contribution >= 0.6 is 0 Å². The highest BCUT2D eigenvalue weighted by Crippen LogP contribution is 2.16. The third-order valence-corrected chi connectivity index (χ3v) is 3.76. The van der Waals surface area contributed by atoms with E-state index >= 15 is 0 Å². The van der Waals surface area contributed by atoms with Crippen molar-refractivity contribution < 1.29 is 5.48 Å². The van der Waals surface area contributed by atoms with E-state index in [1.165, 1.54) is 64.2 Å². The number of imidazole rings is 1. The number of hydrogen-bond acceptors (Lipinski definition) is 1. The second-order valence-electron chi connectivity index (χ2n) is 5.48. The summed E-state index contributed by atoms with van der Waals surface area (Å²) in [6.07, 6.45) is 19.8. The molecule has 0 amide bonds. The lowest BCUT2D eigenvalue weighted by Crippen LogP contribution is -2.01. The van der Waals surface area contributed by atoms with E-state index in [9.17, 15) is 0 Å². The molecule has 0 bridgehead atoms. The van der Waals surface area contributed by atoms with E-state index in [-0.39, 0.29) is 5.48 Å². The van der Waals surface area contributed by atoms with Gasteiger partial charge < -0.3 is 10.0 Å². The molecule has 3 nitrogen and oxygen atoms in total. The highest BCUT2D eigenvalue weighted by atomic mass is 16.0. The molecule has 0 aliphatic rings. The first kappa shape index (κ1) is 18.2. The molecule has 0 fully saturated rings. The first-order chi connectivity index (χ1) is 8.84. The molecule has 0 spiro atoms. The maximum absolute atomic E-state index is 4.10. The maximum Gasteiger partial charge on any atom is 0.0948 e. The molecule has 0 saturated heterocycles. The molecule has 1 atom stereocenters. The van der Waals surface area contributed by atoms with Crippen molar-refractivity contribution in [1.29, 1.82) is 0 Å². The molecular weight excluding hydrogens is 236 g/mol. The summed E-state index contributed by atoms with van der Waals surface area (Å²) < 4.78 is 2.21. The highest BCUT2D eigenvalue weighted by molar-refractivity contribution is 4.78. The molecule has 112 valence electrons. The van der Waals surface area contributed by atoms with Crippen LogP contribution in [0, 0.1) is 0 Å². The van der Waals surface area contributed by atoms with Crippen LogP contribution in [0.25, 0.3) is 0 Å². The summed E-state index contributed by atoms with van der Waals surface area (Å²) in [6, 6.07) is 0.608. The zero-order valence-corrected chi connectivity index (χ0v) is 12.8. The Morgan fingerprint density at radius 2 is 1.53 bits per heavy atom. The number of aromatic nitrogens is 2. The third-order valence-electron chi connectivity index (χ3n) is 3.76. The average Bonchev–Trinajstić information content (AvgIpc) is 2.90. The quantitative estimate of drug-likeness (QED) is 0.543. The standard InChI is InChI=1S/C16H30N2.H2O/c1-3-4-5-6-7-8-9-10-11-12-16(2)18-14-13-17-15-18;/h13-16H,3-12H2,1-2H3;1H2. The van der Waals surface area contributed by atoms with E-state index in [0.29, 0.717) is 6.04 Å². The molecule has 3 heteroatoms. The summed E-state index contributed by atoms with van der Waals surface area (Å²) in [7, 11) is 0. The van der Waals surface area contributed by atoms with Crippen LogP contribution in [-0.2, 0) is 0 Å². The molecular formula is C16H32N2O. The van der Waals surface area contributed by atoms with Gasteiger partial charge in [-0.15, -0.1) is 0 Å². The molecule has 0 aromatic carbocycles. The Balaban J connectivity index is 0.00000324. The fourth-order valence-corrected chi connectivity index (χ4v) is 2.43. The lowest BCUT2D eigenvalue weighted by atomic mass is 10.0. The molecule has 1 rings (SSSR count). The van der Waals surface area contributed by atoms with E-state index < -0.39 is 0 Å². The van der Waals surface area contributed by atoms with Crippen LogP contribution in [0.1, 0.15) is 84.1 Å². The topological polar surface area (TPSA) is 49.3 Å². The van der Waals surface area contributed by atoms with Crippen LogP contribution in [0.4, 0.5) is 0 Å². The molecule has 0 aliphatic heterocycles. The Morgan fingerprint density at radius 1 is 0.947 bits per heavy atom. The van der Waals surface area contributed by atoms with Crippen molar-refractivity contribution in [2.45, 2.75) is 84.1 Å². The van der Waals surface area contributed by atoms with Gasteiger partial charge in [-0.1, -0.05) is 64.7 Å². The molecule has 19 heavy (non-hydrogen) atoms. The fraction of sp³-hybridized carbons (Fsp3) is 0.812. The molecule has 0 aliphatic carbocycles. The van der Waals surface area contributed by atoms with E-state index in [1.807, 2.05) is 12.5 Å². The van der Waals surface area contributed by atoms with Crippen molar-refractivity contribution in [3.63, 3.8) is 0 Å². The zero-order chi connectivity index (χ0) is 13.1. The van der Waals surface area contributed by atoms with Gasteiger partial charge in [-0.2, -0.15) is 0 Å². The van der Waals surface area contributed by atoms with Crippen molar-refractivity contribution in [2.24, 2.45) is 0 Å². The van der Waals surface area contributed by atoms with Gasteiger partial charge in [-0.3, -0.25) is 0 Å². The first-order valence-corrected chi connectivity index (χ1v) is 7.82. The lowest BCUT2D eigenvalue weighted by Gasteiger charge is -2.12. The minimum absolute atomic E-state index is 0. The Hall–Kier alpha value is -0.830. The van der Waals surface area contributed by atoms with Crippen LogP contribution in [0.15, 0.2) is 18.7 Å². The van der Waals surface area contributed by atoms with Crippen molar-refractivity contribution in [2.75, 3.05) is 0 Å². The van der Waals surface area contributed by atoms with Gasteiger partial charge in [0.05, 0.1) is 6.33 Å². The Bertz CT molecular complexity index is 272. The molecule has 1 unspecified atom stereocenters. The summed E-state index contributed by atoms with van der Waals surface area (Å²) in [6.45, 7) is 4.56. The zero-order valence-electron chi connectivity index (χ0n) is 12.8. The van der Waals surface area contributed by atoms with Crippen molar-refractivity contribution >= 4 is 0 Å². The second kappa shape index (κ2) is 12.2. The molecule has 2 N–H and O–H groups in total.